The summed E-state index contributed by atoms with van der Waals surface area (Å²) in [5, 5.41) is 32.5. The molecule has 5 nitrogen and oxygen atoms in total. The van der Waals surface area contributed by atoms with Gasteiger partial charge in [0.2, 0.25) is 0 Å². The van der Waals surface area contributed by atoms with Crippen LogP contribution in [0.2, 0.25) is 0 Å². The largest absolute Gasteiger partial charge is 0.503 e. The zero-order valence-corrected chi connectivity index (χ0v) is 20.0. The number of rotatable bonds is 20. The number of aromatic hydroxyl groups is 1. The number of benzene rings is 1. The zero-order chi connectivity index (χ0) is 22.7. The minimum Gasteiger partial charge on any atom is -0.503 e. The summed E-state index contributed by atoms with van der Waals surface area (Å²) in [6.45, 7) is 4.62. The lowest BCUT2D eigenvalue weighted by Crippen LogP contribution is -2.26. The van der Waals surface area contributed by atoms with E-state index in [-0.39, 0.29) is 18.4 Å². The molecule has 0 aliphatic heterocycles. The first-order valence-electron chi connectivity index (χ1n) is 12.6. The van der Waals surface area contributed by atoms with E-state index >= 15 is 0 Å². The van der Waals surface area contributed by atoms with Gasteiger partial charge in [0, 0.05) is 6.04 Å². The lowest BCUT2D eigenvalue weighted by molar-refractivity contribution is 0.0839. The van der Waals surface area contributed by atoms with E-state index in [1.54, 1.807) is 12.1 Å². The van der Waals surface area contributed by atoms with Crippen molar-refractivity contribution in [2.24, 2.45) is 0 Å². The molecule has 4 N–H and O–H groups in total. The van der Waals surface area contributed by atoms with E-state index in [0.717, 1.165) is 19.3 Å². The molecule has 0 bridgehead atoms. The maximum Gasteiger partial charge on any atom is 0.181 e. The van der Waals surface area contributed by atoms with Crippen LogP contribution in [0.1, 0.15) is 104 Å². The molecule has 0 heterocycles. The van der Waals surface area contributed by atoms with Crippen molar-refractivity contribution in [3.8, 4) is 11.5 Å². The van der Waals surface area contributed by atoms with E-state index in [0.29, 0.717) is 24.5 Å². The molecule has 1 rings (SSSR count). The van der Waals surface area contributed by atoms with Gasteiger partial charge in [-0.2, -0.15) is 0 Å². The Morgan fingerprint density at radius 1 is 0.871 bits per heavy atom. The SMILES string of the molecule is CCCCCCCCCCCCCCOc1cccc(NC(CC)CC(O)CO)c1O. The van der Waals surface area contributed by atoms with Gasteiger partial charge in [0.15, 0.2) is 11.5 Å². The van der Waals surface area contributed by atoms with E-state index < -0.39 is 6.10 Å². The quantitative estimate of drug-likeness (QED) is 0.140. The Kier molecular flexibility index (Phi) is 16.1. The van der Waals surface area contributed by atoms with Crippen LogP contribution in [0, 0.1) is 0 Å². The molecule has 0 aliphatic rings. The van der Waals surface area contributed by atoms with Gasteiger partial charge in [-0.15, -0.1) is 0 Å². The number of anilines is 1. The second-order valence-corrected chi connectivity index (χ2v) is 8.71. The van der Waals surface area contributed by atoms with Crippen molar-refractivity contribution in [1.29, 1.82) is 0 Å². The lowest BCUT2D eigenvalue weighted by atomic mass is 10.1. The van der Waals surface area contributed by atoms with Crippen LogP contribution in [0.5, 0.6) is 11.5 Å². The fraction of sp³-hybridized carbons (Fsp3) is 0.769. The van der Waals surface area contributed by atoms with E-state index in [4.69, 9.17) is 9.84 Å². The van der Waals surface area contributed by atoms with Crippen molar-refractivity contribution in [3.63, 3.8) is 0 Å². The summed E-state index contributed by atoms with van der Waals surface area (Å²) in [6, 6.07) is 5.42. The molecular formula is C26H47NO4. The van der Waals surface area contributed by atoms with Crippen molar-refractivity contribution < 1.29 is 20.1 Å². The van der Waals surface area contributed by atoms with Crippen LogP contribution in [0.25, 0.3) is 0 Å². The van der Waals surface area contributed by atoms with Gasteiger partial charge in [0.25, 0.3) is 0 Å². The van der Waals surface area contributed by atoms with Gasteiger partial charge in [-0.3, -0.25) is 0 Å². The van der Waals surface area contributed by atoms with E-state index in [9.17, 15) is 10.2 Å². The van der Waals surface area contributed by atoms with Crippen LogP contribution in [0.3, 0.4) is 0 Å². The Labute approximate surface area is 190 Å². The maximum atomic E-state index is 10.5. The zero-order valence-electron chi connectivity index (χ0n) is 20.0. The number of aliphatic hydroxyl groups excluding tert-OH is 2. The van der Waals surface area contributed by atoms with Crippen molar-refractivity contribution in [2.75, 3.05) is 18.5 Å². The third-order valence-electron chi connectivity index (χ3n) is 5.87. The van der Waals surface area contributed by atoms with Gasteiger partial charge in [0.1, 0.15) is 0 Å². The Morgan fingerprint density at radius 2 is 1.45 bits per heavy atom. The lowest BCUT2D eigenvalue weighted by Gasteiger charge is -2.21. The summed E-state index contributed by atoms with van der Waals surface area (Å²) < 4.78 is 5.81. The van der Waals surface area contributed by atoms with Crippen molar-refractivity contribution >= 4 is 5.69 Å². The van der Waals surface area contributed by atoms with Crippen LogP contribution in [0.4, 0.5) is 5.69 Å². The molecule has 1 aromatic rings. The van der Waals surface area contributed by atoms with Gasteiger partial charge in [-0.05, 0) is 31.4 Å². The fourth-order valence-electron chi connectivity index (χ4n) is 3.83. The van der Waals surface area contributed by atoms with Crippen LogP contribution in [-0.4, -0.2) is 40.7 Å². The number of aliphatic hydroxyl groups is 2. The molecule has 0 aliphatic carbocycles. The molecule has 180 valence electrons. The second kappa shape index (κ2) is 18.1. The third kappa shape index (κ3) is 12.9. The number of nitrogens with one attached hydrogen (secondary N) is 1. The molecule has 1 aromatic carbocycles. The molecule has 0 fully saturated rings. The number of para-hydroxylation sites is 1. The van der Waals surface area contributed by atoms with Crippen LogP contribution >= 0.6 is 0 Å². The summed E-state index contributed by atoms with van der Waals surface area (Å²) in [5.41, 5.74) is 0.601. The Hall–Kier alpha value is -1.46. The predicted octanol–water partition coefficient (Wildman–Crippen LogP) is 6.41. The molecular weight excluding hydrogens is 390 g/mol. The van der Waals surface area contributed by atoms with Crippen LogP contribution in [0.15, 0.2) is 18.2 Å². The molecule has 2 atom stereocenters. The van der Waals surface area contributed by atoms with Gasteiger partial charge in [-0.1, -0.05) is 90.5 Å². The molecule has 0 amide bonds. The first kappa shape index (κ1) is 27.6. The molecule has 31 heavy (non-hydrogen) atoms. The average molecular weight is 438 g/mol. The van der Waals surface area contributed by atoms with E-state index in [1.807, 2.05) is 13.0 Å². The molecule has 2 unspecified atom stereocenters. The number of phenolic OH excluding ortho intramolecular Hbond substituents is 1. The number of phenols is 1. The molecule has 0 spiro atoms. The average Bonchev–Trinajstić information content (AvgIpc) is 2.78. The minimum absolute atomic E-state index is 0.0281. The van der Waals surface area contributed by atoms with Crippen molar-refractivity contribution in [2.45, 2.75) is 116 Å². The number of ether oxygens (including phenoxy) is 1. The molecule has 0 aromatic heterocycles. The van der Waals surface area contributed by atoms with Gasteiger partial charge < -0.3 is 25.4 Å². The van der Waals surface area contributed by atoms with Crippen molar-refractivity contribution in [3.05, 3.63) is 18.2 Å². The van der Waals surface area contributed by atoms with Gasteiger partial charge in [0.05, 0.1) is 25.0 Å². The number of hydrogen-bond acceptors (Lipinski definition) is 5. The highest BCUT2D eigenvalue weighted by atomic mass is 16.5. The number of unbranched alkanes of at least 4 members (excludes halogenated alkanes) is 11. The van der Waals surface area contributed by atoms with Gasteiger partial charge >= 0.3 is 0 Å². The molecule has 0 saturated heterocycles. The fourth-order valence-corrected chi connectivity index (χ4v) is 3.83. The van der Waals surface area contributed by atoms with E-state index in [2.05, 4.69) is 12.2 Å². The van der Waals surface area contributed by atoms with Crippen LogP contribution in [-0.2, 0) is 0 Å². The second-order valence-electron chi connectivity index (χ2n) is 8.71. The summed E-state index contributed by atoms with van der Waals surface area (Å²) in [4.78, 5) is 0. The Bertz CT molecular complexity index is 552. The summed E-state index contributed by atoms with van der Waals surface area (Å²) in [6.07, 6.45) is 16.1. The topological polar surface area (TPSA) is 82.0 Å². The Balaban J connectivity index is 2.19. The monoisotopic (exact) mass is 437 g/mol. The highest BCUT2D eigenvalue weighted by molar-refractivity contribution is 5.62. The normalized spacial score (nSPS) is 13.2. The minimum atomic E-state index is -0.759. The molecule has 5 heteroatoms. The Morgan fingerprint density at radius 3 is 2.00 bits per heavy atom. The number of hydrogen-bond donors (Lipinski definition) is 4. The molecule has 0 radical (unpaired) electrons. The summed E-state index contributed by atoms with van der Waals surface area (Å²) in [5.74, 6) is 0.601. The predicted molar refractivity (Wildman–Crippen MR) is 130 cm³/mol. The van der Waals surface area contributed by atoms with Gasteiger partial charge in [-0.25, -0.2) is 0 Å². The maximum absolute atomic E-state index is 10.5. The standard InChI is InChI=1S/C26H47NO4/c1-3-5-6-7-8-9-10-11-12-13-14-15-19-31-25-18-16-17-24(26(25)30)27-22(4-2)20-23(29)21-28/h16-18,22-23,27-30H,3-15,19-21H2,1-2H3. The summed E-state index contributed by atoms with van der Waals surface area (Å²) in [7, 11) is 0. The highest BCUT2D eigenvalue weighted by Crippen LogP contribution is 2.35. The van der Waals surface area contributed by atoms with E-state index in [1.165, 1.54) is 64.2 Å². The van der Waals surface area contributed by atoms with Crippen LogP contribution < -0.4 is 10.1 Å². The smallest absolute Gasteiger partial charge is 0.181 e. The van der Waals surface area contributed by atoms with Crippen molar-refractivity contribution in [1.82, 2.24) is 0 Å². The highest BCUT2D eigenvalue weighted by Gasteiger charge is 2.15. The third-order valence-corrected chi connectivity index (χ3v) is 5.87. The first-order valence-corrected chi connectivity index (χ1v) is 12.6. The first-order chi connectivity index (χ1) is 15.1. The summed E-state index contributed by atoms with van der Waals surface area (Å²) >= 11 is 0. The molecule has 0 saturated carbocycles.